The molecule has 1 aromatic carbocycles. The summed E-state index contributed by atoms with van der Waals surface area (Å²) in [6.45, 7) is 2.08. The number of methoxy groups -OCH3 is 1. The number of hydrogen-bond acceptors (Lipinski definition) is 5. The topological polar surface area (TPSA) is 50.1 Å². The molecular weight excluding hydrogens is 338 g/mol. The Balaban J connectivity index is 2.62. The monoisotopic (exact) mass is 351 g/mol. The van der Waals surface area contributed by atoms with Gasteiger partial charge in [0.1, 0.15) is 10.9 Å². The summed E-state index contributed by atoms with van der Waals surface area (Å²) >= 11 is 8.83. The summed E-state index contributed by atoms with van der Waals surface area (Å²) in [5.74, 6) is 0.477. The molecule has 1 aromatic heterocycles. The predicted octanol–water partition coefficient (Wildman–Crippen LogP) is 5.23. The summed E-state index contributed by atoms with van der Waals surface area (Å²) in [6.07, 6.45) is 0.997. The molecule has 0 amide bonds. The first-order chi connectivity index (χ1) is 10.6. The SMILES string of the molecule is CCCSc1sc(C(=O)OC)c(-c2ccc(Cl)cc2)c1C#N. The minimum absolute atomic E-state index is 0.421. The van der Waals surface area contributed by atoms with Gasteiger partial charge < -0.3 is 4.74 Å². The van der Waals surface area contributed by atoms with Crippen LogP contribution in [-0.4, -0.2) is 18.8 Å². The molecule has 114 valence electrons. The highest BCUT2D eigenvalue weighted by Gasteiger charge is 2.24. The summed E-state index contributed by atoms with van der Waals surface area (Å²) < 4.78 is 5.72. The molecule has 0 fully saturated rings. The predicted molar refractivity (Wildman–Crippen MR) is 91.8 cm³/mol. The van der Waals surface area contributed by atoms with E-state index in [0.717, 1.165) is 21.9 Å². The molecular formula is C16H14ClNO2S2. The van der Waals surface area contributed by atoms with E-state index in [1.54, 1.807) is 23.9 Å². The summed E-state index contributed by atoms with van der Waals surface area (Å²) in [7, 11) is 1.35. The summed E-state index contributed by atoms with van der Waals surface area (Å²) in [4.78, 5) is 12.5. The molecule has 0 atom stereocenters. The van der Waals surface area contributed by atoms with Crippen LogP contribution in [0.15, 0.2) is 28.5 Å². The Morgan fingerprint density at radius 2 is 2.09 bits per heavy atom. The van der Waals surface area contributed by atoms with Crippen LogP contribution in [0.1, 0.15) is 28.6 Å². The van der Waals surface area contributed by atoms with Crippen LogP contribution in [-0.2, 0) is 4.74 Å². The van der Waals surface area contributed by atoms with Gasteiger partial charge >= 0.3 is 5.97 Å². The van der Waals surface area contributed by atoms with E-state index in [1.165, 1.54) is 18.4 Å². The van der Waals surface area contributed by atoms with Crippen LogP contribution in [0.4, 0.5) is 0 Å². The number of rotatable bonds is 5. The van der Waals surface area contributed by atoms with E-state index in [2.05, 4.69) is 13.0 Å². The quantitative estimate of drug-likeness (QED) is 0.546. The number of ether oxygens (including phenoxy) is 1. The minimum Gasteiger partial charge on any atom is -0.465 e. The van der Waals surface area contributed by atoms with Crippen molar-refractivity contribution in [3.8, 4) is 17.2 Å². The molecule has 2 aromatic rings. The Kier molecular flexibility index (Phi) is 5.90. The average Bonchev–Trinajstić information content (AvgIpc) is 2.91. The molecule has 0 saturated carbocycles. The number of nitrogens with zero attached hydrogens (tertiary/aromatic N) is 1. The van der Waals surface area contributed by atoms with Crippen LogP contribution in [0, 0.1) is 11.3 Å². The van der Waals surface area contributed by atoms with E-state index in [4.69, 9.17) is 16.3 Å². The van der Waals surface area contributed by atoms with Crippen molar-refractivity contribution in [1.82, 2.24) is 0 Å². The molecule has 0 bridgehead atoms. The van der Waals surface area contributed by atoms with Gasteiger partial charge in [0, 0.05) is 10.6 Å². The number of thioether (sulfide) groups is 1. The molecule has 6 heteroatoms. The van der Waals surface area contributed by atoms with Crippen molar-refractivity contribution in [1.29, 1.82) is 5.26 Å². The standard InChI is InChI=1S/C16H14ClNO2S2/c1-3-8-21-16-12(9-18)13(14(22-16)15(19)20-2)10-4-6-11(17)7-5-10/h4-7H,3,8H2,1-2H3. The summed E-state index contributed by atoms with van der Waals surface area (Å²) in [5, 5.41) is 10.2. The normalized spacial score (nSPS) is 10.3. The molecule has 0 radical (unpaired) electrons. The smallest absolute Gasteiger partial charge is 0.348 e. The highest BCUT2D eigenvalue weighted by atomic mass is 35.5. The van der Waals surface area contributed by atoms with Gasteiger partial charge in [0.15, 0.2) is 0 Å². The van der Waals surface area contributed by atoms with E-state index in [9.17, 15) is 10.1 Å². The zero-order valence-corrected chi connectivity index (χ0v) is 14.6. The number of nitriles is 1. The minimum atomic E-state index is -0.421. The second kappa shape index (κ2) is 7.68. The first-order valence-corrected chi connectivity index (χ1v) is 8.84. The number of halogens is 1. The Morgan fingerprint density at radius 3 is 2.64 bits per heavy atom. The fourth-order valence-corrected chi connectivity index (χ4v) is 4.40. The lowest BCUT2D eigenvalue weighted by atomic mass is 10.0. The zero-order valence-electron chi connectivity index (χ0n) is 12.2. The first-order valence-electron chi connectivity index (χ1n) is 6.66. The van der Waals surface area contributed by atoms with E-state index in [0.29, 0.717) is 21.0 Å². The molecule has 0 aliphatic heterocycles. The van der Waals surface area contributed by atoms with Crippen LogP contribution in [0.3, 0.4) is 0 Å². The van der Waals surface area contributed by atoms with E-state index in [-0.39, 0.29) is 0 Å². The van der Waals surface area contributed by atoms with Gasteiger partial charge in [0.05, 0.1) is 16.9 Å². The highest BCUT2D eigenvalue weighted by Crippen LogP contribution is 2.42. The molecule has 3 nitrogen and oxygen atoms in total. The van der Waals surface area contributed by atoms with Crippen molar-refractivity contribution in [2.24, 2.45) is 0 Å². The Labute approximate surface area is 142 Å². The van der Waals surface area contributed by atoms with Crippen molar-refractivity contribution in [3.05, 3.63) is 39.7 Å². The Hall–Kier alpha value is -1.48. The maximum absolute atomic E-state index is 12.1. The molecule has 0 aliphatic rings. The molecule has 2 rings (SSSR count). The summed E-state index contributed by atoms with van der Waals surface area (Å²) in [6, 6.07) is 9.35. The van der Waals surface area contributed by atoms with Crippen molar-refractivity contribution < 1.29 is 9.53 Å². The number of carbonyl (C=O) groups is 1. The fraction of sp³-hybridized carbons (Fsp3) is 0.250. The fourth-order valence-electron chi connectivity index (χ4n) is 1.94. The molecule has 22 heavy (non-hydrogen) atoms. The van der Waals surface area contributed by atoms with Gasteiger partial charge in [-0.1, -0.05) is 30.7 Å². The van der Waals surface area contributed by atoms with Gasteiger partial charge in [0.25, 0.3) is 0 Å². The van der Waals surface area contributed by atoms with Crippen molar-refractivity contribution in [3.63, 3.8) is 0 Å². The lowest BCUT2D eigenvalue weighted by Crippen LogP contribution is -2.00. The van der Waals surface area contributed by atoms with Crippen molar-refractivity contribution >= 4 is 40.7 Å². The lowest BCUT2D eigenvalue weighted by molar-refractivity contribution is 0.0607. The third-order valence-electron chi connectivity index (χ3n) is 2.93. The molecule has 0 saturated heterocycles. The maximum Gasteiger partial charge on any atom is 0.348 e. The van der Waals surface area contributed by atoms with Gasteiger partial charge in [-0.05, 0) is 29.9 Å². The van der Waals surface area contributed by atoms with Crippen LogP contribution in [0.5, 0.6) is 0 Å². The second-order valence-electron chi connectivity index (χ2n) is 4.43. The number of carbonyl (C=O) groups excluding carboxylic acids is 1. The average molecular weight is 352 g/mol. The van der Waals surface area contributed by atoms with Gasteiger partial charge in [0.2, 0.25) is 0 Å². The number of benzene rings is 1. The third kappa shape index (κ3) is 3.46. The van der Waals surface area contributed by atoms with Crippen LogP contribution in [0.25, 0.3) is 11.1 Å². The Bertz CT molecular complexity index is 717. The molecule has 0 spiro atoms. The molecule has 0 unspecified atom stereocenters. The van der Waals surface area contributed by atoms with Crippen LogP contribution in [0.2, 0.25) is 5.02 Å². The summed E-state index contributed by atoms with van der Waals surface area (Å²) in [5.41, 5.74) is 1.96. The third-order valence-corrected chi connectivity index (χ3v) is 5.83. The van der Waals surface area contributed by atoms with E-state index in [1.807, 2.05) is 12.1 Å². The van der Waals surface area contributed by atoms with E-state index < -0.39 is 5.97 Å². The number of hydrogen-bond donors (Lipinski definition) is 0. The number of esters is 1. The van der Waals surface area contributed by atoms with Gasteiger partial charge in [-0.15, -0.1) is 23.1 Å². The first kappa shape index (κ1) is 16.9. The number of thiophene rings is 1. The largest absolute Gasteiger partial charge is 0.465 e. The van der Waals surface area contributed by atoms with Gasteiger partial charge in [-0.2, -0.15) is 5.26 Å². The molecule has 0 N–H and O–H groups in total. The highest BCUT2D eigenvalue weighted by molar-refractivity contribution is 8.01. The van der Waals surface area contributed by atoms with Crippen LogP contribution >= 0.6 is 34.7 Å². The molecule has 1 heterocycles. The zero-order chi connectivity index (χ0) is 16.1. The van der Waals surface area contributed by atoms with Gasteiger partial charge in [-0.25, -0.2) is 4.79 Å². The van der Waals surface area contributed by atoms with Crippen LogP contribution < -0.4 is 0 Å². The second-order valence-corrected chi connectivity index (χ2v) is 7.25. The van der Waals surface area contributed by atoms with E-state index >= 15 is 0 Å². The maximum atomic E-state index is 12.1. The Morgan fingerprint density at radius 1 is 1.41 bits per heavy atom. The van der Waals surface area contributed by atoms with Crippen molar-refractivity contribution in [2.45, 2.75) is 17.6 Å². The molecule has 0 aliphatic carbocycles. The van der Waals surface area contributed by atoms with Gasteiger partial charge in [-0.3, -0.25) is 0 Å². The lowest BCUT2D eigenvalue weighted by Gasteiger charge is -2.04. The van der Waals surface area contributed by atoms with Crippen molar-refractivity contribution in [2.75, 3.05) is 12.9 Å².